The van der Waals surface area contributed by atoms with Gasteiger partial charge in [-0.3, -0.25) is 4.79 Å². The van der Waals surface area contributed by atoms with Crippen molar-refractivity contribution in [3.05, 3.63) is 84.8 Å². The molecule has 0 aliphatic heterocycles. The third kappa shape index (κ3) is 3.87. The number of hydrogen-bond acceptors (Lipinski definition) is 4. The minimum absolute atomic E-state index is 0.102. The molecule has 0 bridgehead atoms. The van der Waals surface area contributed by atoms with Crippen LogP contribution in [0.25, 0.3) is 21.9 Å². The molecule has 138 valence electrons. The van der Waals surface area contributed by atoms with Crippen LogP contribution in [0.15, 0.2) is 84.0 Å². The number of halogens is 1. The quantitative estimate of drug-likeness (QED) is 0.479. The van der Waals surface area contributed by atoms with Crippen LogP contribution in [0.2, 0.25) is 0 Å². The lowest BCUT2D eigenvalue weighted by Crippen LogP contribution is -2.15. The number of benzene rings is 3. The Labute approximate surface area is 165 Å². The first-order valence-electron chi connectivity index (χ1n) is 8.69. The van der Waals surface area contributed by atoms with Crippen LogP contribution in [0.1, 0.15) is 0 Å². The van der Waals surface area contributed by atoms with Crippen molar-refractivity contribution < 1.29 is 9.18 Å². The molecule has 0 aliphatic rings. The fourth-order valence-corrected chi connectivity index (χ4v) is 3.75. The topological polar surface area (TPSA) is 54.9 Å². The van der Waals surface area contributed by atoms with Gasteiger partial charge in [0.05, 0.1) is 17.6 Å². The summed E-state index contributed by atoms with van der Waals surface area (Å²) in [5.74, 6) is -0.661. The number of para-hydroxylation sites is 1. The number of rotatable bonds is 5. The zero-order valence-corrected chi connectivity index (χ0v) is 15.6. The maximum absolute atomic E-state index is 13.7. The van der Waals surface area contributed by atoms with Gasteiger partial charge in [-0.05, 0) is 34.5 Å². The summed E-state index contributed by atoms with van der Waals surface area (Å²) in [5, 5.41) is 13.7. The van der Waals surface area contributed by atoms with E-state index >= 15 is 0 Å². The number of carbonyl (C=O) groups excluding carboxylic acids is 1. The van der Waals surface area contributed by atoms with E-state index in [4.69, 9.17) is 0 Å². The predicted molar refractivity (Wildman–Crippen MR) is 111 cm³/mol. The van der Waals surface area contributed by atoms with Gasteiger partial charge in [0.2, 0.25) is 5.91 Å². The minimum atomic E-state index is -0.461. The van der Waals surface area contributed by atoms with Crippen LogP contribution in [-0.4, -0.2) is 21.9 Å². The van der Waals surface area contributed by atoms with Gasteiger partial charge in [-0.25, -0.2) is 4.39 Å². The molecule has 3 aromatic carbocycles. The van der Waals surface area contributed by atoms with Gasteiger partial charge in [0.1, 0.15) is 10.8 Å². The fourth-order valence-electron chi connectivity index (χ4n) is 2.97. The maximum atomic E-state index is 13.7. The normalized spacial score (nSPS) is 10.8. The third-order valence-corrected chi connectivity index (χ3v) is 5.24. The van der Waals surface area contributed by atoms with Crippen molar-refractivity contribution in [3.8, 4) is 11.1 Å². The van der Waals surface area contributed by atoms with Crippen molar-refractivity contribution in [1.29, 1.82) is 0 Å². The first-order chi connectivity index (χ1) is 13.7. The standard InChI is InChI=1S/C22H16FN3OS/c23-19-10-3-4-11-20(19)25-21(27)14-28-22-18(12-13-24-26-22)17-9-5-7-15-6-1-2-8-16(15)17/h1-13H,14H2,(H,25,27). The van der Waals surface area contributed by atoms with Gasteiger partial charge in [0, 0.05) is 5.56 Å². The molecular weight excluding hydrogens is 373 g/mol. The predicted octanol–water partition coefficient (Wildman–Crippen LogP) is 5.17. The van der Waals surface area contributed by atoms with Crippen molar-refractivity contribution in [2.24, 2.45) is 0 Å². The second-order valence-corrected chi connectivity index (χ2v) is 7.06. The summed E-state index contributed by atoms with van der Waals surface area (Å²) in [6.45, 7) is 0. The molecule has 0 unspecified atom stereocenters. The van der Waals surface area contributed by atoms with Crippen molar-refractivity contribution in [1.82, 2.24) is 10.2 Å². The highest BCUT2D eigenvalue weighted by molar-refractivity contribution is 8.00. The van der Waals surface area contributed by atoms with Gasteiger partial charge in [-0.15, -0.1) is 5.10 Å². The molecule has 1 heterocycles. The van der Waals surface area contributed by atoms with Crippen LogP contribution < -0.4 is 5.32 Å². The second kappa shape index (κ2) is 8.19. The lowest BCUT2D eigenvalue weighted by molar-refractivity contribution is -0.113. The molecule has 4 rings (SSSR count). The number of nitrogens with one attached hydrogen (secondary N) is 1. The van der Waals surface area contributed by atoms with Crippen LogP contribution in [0.4, 0.5) is 10.1 Å². The Hall–Kier alpha value is -3.25. The van der Waals surface area contributed by atoms with E-state index in [0.29, 0.717) is 5.03 Å². The van der Waals surface area contributed by atoms with E-state index in [-0.39, 0.29) is 17.3 Å². The molecule has 1 aromatic heterocycles. The third-order valence-electron chi connectivity index (χ3n) is 4.25. The van der Waals surface area contributed by atoms with Gasteiger partial charge in [-0.1, -0.05) is 66.4 Å². The van der Waals surface area contributed by atoms with E-state index < -0.39 is 5.82 Å². The van der Waals surface area contributed by atoms with Crippen molar-refractivity contribution >= 4 is 34.1 Å². The second-order valence-electron chi connectivity index (χ2n) is 6.09. The number of carbonyl (C=O) groups is 1. The van der Waals surface area contributed by atoms with E-state index in [1.807, 2.05) is 30.3 Å². The molecule has 0 spiro atoms. The molecule has 28 heavy (non-hydrogen) atoms. The number of fused-ring (bicyclic) bond motifs is 1. The molecule has 0 saturated heterocycles. The molecule has 0 aliphatic carbocycles. The molecule has 6 heteroatoms. The van der Waals surface area contributed by atoms with Crippen molar-refractivity contribution in [2.75, 3.05) is 11.1 Å². The zero-order chi connectivity index (χ0) is 19.3. The first kappa shape index (κ1) is 18.1. The average Bonchev–Trinajstić information content (AvgIpc) is 2.74. The maximum Gasteiger partial charge on any atom is 0.234 e. The highest BCUT2D eigenvalue weighted by atomic mass is 32.2. The highest BCUT2D eigenvalue weighted by Gasteiger charge is 2.13. The first-order valence-corrected chi connectivity index (χ1v) is 9.68. The summed E-state index contributed by atoms with van der Waals surface area (Å²) in [4.78, 5) is 12.3. The average molecular weight is 389 g/mol. The number of nitrogens with zero attached hydrogens (tertiary/aromatic N) is 2. The van der Waals surface area contributed by atoms with Crippen molar-refractivity contribution in [3.63, 3.8) is 0 Å². The summed E-state index contributed by atoms with van der Waals surface area (Å²) in [5.41, 5.74) is 2.11. The summed E-state index contributed by atoms with van der Waals surface area (Å²) >= 11 is 1.28. The van der Waals surface area contributed by atoms with E-state index in [1.54, 1.807) is 18.3 Å². The molecule has 1 N–H and O–H groups in total. The van der Waals surface area contributed by atoms with E-state index in [0.717, 1.165) is 21.9 Å². The smallest absolute Gasteiger partial charge is 0.234 e. The lowest BCUT2D eigenvalue weighted by atomic mass is 10.00. The monoisotopic (exact) mass is 389 g/mol. The van der Waals surface area contributed by atoms with Gasteiger partial charge in [0.15, 0.2) is 0 Å². The largest absolute Gasteiger partial charge is 0.323 e. The van der Waals surface area contributed by atoms with Crippen LogP contribution >= 0.6 is 11.8 Å². The van der Waals surface area contributed by atoms with Crippen LogP contribution in [-0.2, 0) is 4.79 Å². The molecule has 0 saturated carbocycles. The van der Waals surface area contributed by atoms with Crippen molar-refractivity contribution in [2.45, 2.75) is 5.03 Å². The number of amides is 1. The summed E-state index contributed by atoms with van der Waals surface area (Å²) < 4.78 is 13.7. The Morgan fingerprint density at radius 1 is 0.929 bits per heavy atom. The van der Waals surface area contributed by atoms with E-state index in [2.05, 4.69) is 33.7 Å². The number of thioether (sulfide) groups is 1. The van der Waals surface area contributed by atoms with Gasteiger partial charge in [0.25, 0.3) is 0 Å². The zero-order valence-electron chi connectivity index (χ0n) is 14.8. The molecule has 4 aromatic rings. The molecular formula is C22H16FN3OS. The summed E-state index contributed by atoms with van der Waals surface area (Å²) in [6.07, 6.45) is 1.64. The Morgan fingerprint density at radius 2 is 1.71 bits per heavy atom. The molecule has 0 atom stereocenters. The molecule has 0 radical (unpaired) electrons. The number of aromatic nitrogens is 2. The van der Waals surface area contributed by atoms with Crippen LogP contribution in [0.3, 0.4) is 0 Å². The van der Waals surface area contributed by atoms with E-state index in [1.165, 1.54) is 23.9 Å². The van der Waals surface area contributed by atoms with Gasteiger partial charge in [-0.2, -0.15) is 5.10 Å². The Bertz CT molecular complexity index is 1140. The molecule has 0 fully saturated rings. The molecule has 1 amide bonds. The highest BCUT2D eigenvalue weighted by Crippen LogP contribution is 2.34. The van der Waals surface area contributed by atoms with E-state index in [9.17, 15) is 9.18 Å². The Balaban J connectivity index is 1.57. The van der Waals surface area contributed by atoms with Crippen LogP contribution in [0, 0.1) is 5.82 Å². The SMILES string of the molecule is O=C(CSc1nnccc1-c1cccc2ccccc12)Nc1ccccc1F. The Kier molecular flexibility index (Phi) is 5.30. The lowest BCUT2D eigenvalue weighted by Gasteiger charge is -2.11. The van der Waals surface area contributed by atoms with Gasteiger partial charge >= 0.3 is 0 Å². The summed E-state index contributed by atoms with van der Waals surface area (Å²) in [6, 6.07) is 22.2. The summed E-state index contributed by atoms with van der Waals surface area (Å²) in [7, 11) is 0. The Morgan fingerprint density at radius 3 is 2.61 bits per heavy atom. The minimum Gasteiger partial charge on any atom is -0.323 e. The fraction of sp³-hybridized carbons (Fsp3) is 0.0455. The molecule has 4 nitrogen and oxygen atoms in total. The number of hydrogen-bond donors (Lipinski definition) is 1. The van der Waals surface area contributed by atoms with Gasteiger partial charge < -0.3 is 5.32 Å². The van der Waals surface area contributed by atoms with Crippen LogP contribution in [0.5, 0.6) is 0 Å². The number of anilines is 1.